The standard InChI is InChI=1S/C21H20O5/c1-14-11-15(5-9-19(14)24)3-7-17(22)13-18(23)8-4-16-6-10-20(25)21(12-16)26-2/h3-12,24-25H,13H2,1-2H3/b7-3+,8-4+. The third-order valence-corrected chi connectivity index (χ3v) is 3.70. The first-order valence-electron chi connectivity index (χ1n) is 7.97. The summed E-state index contributed by atoms with van der Waals surface area (Å²) in [6.45, 7) is 1.77. The maximum atomic E-state index is 11.9. The molecule has 2 aromatic rings. The van der Waals surface area contributed by atoms with Crippen LogP contribution in [0.3, 0.4) is 0 Å². The molecule has 5 nitrogen and oxygen atoms in total. The van der Waals surface area contributed by atoms with Crippen LogP contribution in [0.25, 0.3) is 12.2 Å². The van der Waals surface area contributed by atoms with Crippen molar-refractivity contribution in [1.82, 2.24) is 0 Å². The molecular weight excluding hydrogens is 332 g/mol. The SMILES string of the molecule is COc1cc(/C=C/C(=O)CC(=O)/C=C/c2ccc(O)c(C)c2)ccc1O. The maximum Gasteiger partial charge on any atom is 0.163 e. The number of carbonyl (C=O) groups excluding carboxylic acids is 2. The van der Waals surface area contributed by atoms with Crippen LogP contribution in [-0.4, -0.2) is 28.9 Å². The van der Waals surface area contributed by atoms with Gasteiger partial charge in [0.2, 0.25) is 0 Å². The van der Waals surface area contributed by atoms with E-state index in [1.807, 2.05) is 0 Å². The molecule has 0 aliphatic rings. The Bertz CT molecular complexity index is 878. The van der Waals surface area contributed by atoms with Crippen LogP contribution in [0.4, 0.5) is 0 Å². The van der Waals surface area contributed by atoms with Gasteiger partial charge in [-0.05, 0) is 60.0 Å². The zero-order valence-corrected chi connectivity index (χ0v) is 14.6. The van der Waals surface area contributed by atoms with Crippen LogP contribution in [0.5, 0.6) is 17.2 Å². The first-order chi connectivity index (χ1) is 12.4. The fourth-order valence-corrected chi connectivity index (χ4v) is 2.25. The topological polar surface area (TPSA) is 83.8 Å². The number of hydrogen-bond acceptors (Lipinski definition) is 5. The second-order valence-electron chi connectivity index (χ2n) is 5.75. The van der Waals surface area contributed by atoms with Gasteiger partial charge in [-0.25, -0.2) is 0 Å². The summed E-state index contributed by atoms with van der Waals surface area (Å²) in [6, 6.07) is 9.69. The molecule has 26 heavy (non-hydrogen) atoms. The van der Waals surface area contributed by atoms with E-state index in [2.05, 4.69) is 0 Å². The molecule has 0 aliphatic carbocycles. The number of allylic oxidation sites excluding steroid dienone is 2. The van der Waals surface area contributed by atoms with Gasteiger partial charge in [-0.2, -0.15) is 0 Å². The van der Waals surface area contributed by atoms with E-state index in [9.17, 15) is 19.8 Å². The summed E-state index contributed by atoms with van der Waals surface area (Å²) in [5.41, 5.74) is 2.16. The molecule has 0 radical (unpaired) electrons. The Labute approximate surface area is 151 Å². The van der Waals surface area contributed by atoms with Crippen LogP contribution in [0, 0.1) is 6.92 Å². The molecule has 0 saturated carbocycles. The minimum atomic E-state index is -0.325. The van der Waals surface area contributed by atoms with Gasteiger partial charge in [0, 0.05) is 0 Å². The van der Waals surface area contributed by atoms with Crippen LogP contribution in [-0.2, 0) is 9.59 Å². The third-order valence-electron chi connectivity index (χ3n) is 3.70. The van der Waals surface area contributed by atoms with Gasteiger partial charge in [0.05, 0.1) is 13.5 Å². The number of ketones is 2. The number of rotatable bonds is 7. The summed E-state index contributed by atoms with van der Waals surface area (Å²) in [6.07, 6.45) is 5.60. The molecule has 0 fully saturated rings. The molecule has 2 N–H and O–H groups in total. The van der Waals surface area contributed by atoms with Crippen molar-refractivity contribution in [2.75, 3.05) is 7.11 Å². The number of phenolic OH excluding ortho intramolecular Hbond substituents is 2. The van der Waals surface area contributed by atoms with Crippen molar-refractivity contribution in [1.29, 1.82) is 0 Å². The fourth-order valence-electron chi connectivity index (χ4n) is 2.25. The van der Waals surface area contributed by atoms with Crippen molar-refractivity contribution < 1.29 is 24.5 Å². The minimum Gasteiger partial charge on any atom is -0.508 e. The monoisotopic (exact) mass is 352 g/mol. The van der Waals surface area contributed by atoms with E-state index in [0.29, 0.717) is 16.9 Å². The van der Waals surface area contributed by atoms with Crippen molar-refractivity contribution >= 4 is 23.7 Å². The highest BCUT2D eigenvalue weighted by Gasteiger charge is 2.05. The number of phenols is 2. The molecule has 0 spiro atoms. The van der Waals surface area contributed by atoms with E-state index < -0.39 is 0 Å². The average molecular weight is 352 g/mol. The molecule has 0 bridgehead atoms. The molecule has 0 amide bonds. The van der Waals surface area contributed by atoms with E-state index in [1.54, 1.807) is 49.4 Å². The Morgan fingerprint density at radius 1 is 0.923 bits per heavy atom. The van der Waals surface area contributed by atoms with E-state index in [4.69, 9.17) is 4.74 Å². The molecule has 0 aliphatic heterocycles. The van der Waals surface area contributed by atoms with Gasteiger partial charge in [0.15, 0.2) is 23.1 Å². The number of benzene rings is 2. The number of hydrogen-bond donors (Lipinski definition) is 2. The Morgan fingerprint density at radius 3 is 2.00 bits per heavy atom. The Hall–Kier alpha value is -3.34. The first kappa shape index (κ1) is 19.0. The summed E-state index contributed by atoms with van der Waals surface area (Å²) in [7, 11) is 1.44. The molecule has 5 heteroatoms. The van der Waals surface area contributed by atoms with E-state index in [1.165, 1.54) is 25.3 Å². The highest BCUT2D eigenvalue weighted by atomic mass is 16.5. The van der Waals surface area contributed by atoms with Crippen molar-refractivity contribution in [2.24, 2.45) is 0 Å². The first-order valence-corrected chi connectivity index (χ1v) is 7.97. The van der Waals surface area contributed by atoms with Crippen LogP contribution in [0.1, 0.15) is 23.1 Å². The molecule has 2 rings (SSSR count). The van der Waals surface area contributed by atoms with Crippen LogP contribution >= 0.6 is 0 Å². The largest absolute Gasteiger partial charge is 0.508 e. The van der Waals surface area contributed by atoms with Gasteiger partial charge in [-0.15, -0.1) is 0 Å². The molecule has 0 atom stereocenters. The lowest BCUT2D eigenvalue weighted by molar-refractivity contribution is -0.121. The smallest absolute Gasteiger partial charge is 0.163 e. The van der Waals surface area contributed by atoms with E-state index in [-0.39, 0.29) is 29.5 Å². The number of methoxy groups -OCH3 is 1. The maximum absolute atomic E-state index is 11.9. The second kappa shape index (κ2) is 8.67. The molecular formula is C21H20O5. The van der Waals surface area contributed by atoms with Gasteiger partial charge in [-0.1, -0.05) is 24.3 Å². The zero-order chi connectivity index (χ0) is 19.1. The molecule has 134 valence electrons. The van der Waals surface area contributed by atoms with Gasteiger partial charge in [0.25, 0.3) is 0 Å². The average Bonchev–Trinajstić information content (AvgIpc) is 2.62. The zero-order valence-electron chi connectivity index (χ0n) is 14.6. The normalized spacial score (nSPS) is 11.2. The number of ether oxygens (including phenoxy) is 1. The van der Waals surface area contributed by atoms with Gasteiger partial charge in [-0.3, -0.25) is 9.59 Å². The van der Waals surface area contributed by atoms with Gasteiger partial charge < -0.3 is 14.9 Å². The van der Waals surface area contributed by atoms with Crippen LogP contribution in [0.15, 0.2) is 48.6 Å². The lowest BCUT2D eigenvalue weighted by Crippen LogP contribution is -2.01. The number of carbonyl (C=O) groups is 2. The summed E-state index contributed by atoms with van der Waals surface area (Å²) in [5, 5.41) is 19.0. The summed E-state index contributed by atoms with van der Waals surface area (Å²) >= 11 is 0. The highest BCUT2D eigenvalue weighted by Crippen LogP contribution is 2.26. The Balaban J connectivity index is 1.95. The summed E-state index contributed by atoms with van der Waals surface area (Å²) in [5.74, 6) is -0.120. The molecule has 0 heterocycles. The van der Waals surface area contributed by atoms with Gasteiger partial charge >= 0.3 is 0 Å². The lowest BCUT2D eigenvalue weighted by Gasteiger charge is -2.03. The predicted molar refractivity (Wildman–Crippen MR) is 100 cm³/mol. The van der Waals surface area contributed by atoms with Crippen molar-refractivity contribution in [2.45, 2.75) is 13.3 Å². The minimum absolute atomic E-state index is 0.0146. The van der Waals surface area contributed by atoms with Crippen molar-refractivity contribution in [3.63, 3.8) is 0 Å². The van der Waals surface area contributed by atoms with Crippen LogP contribution in [0.2, 0.25) is 0 Å². The molecule has 0 unspecified atom stereocenters. The van der Waals surface area contributed by atoms with Gasteiger partial charge in [0.1, 0.15) is 5.75 Å². The fraction of sp³-hybridized carbons (Fsp3) is 0.143. The van der Waals surface area contributed by atoms with Crippen LogP contribution < -0.4 is 4.74 Å². The van der Waals surface area contributed by atoms with E-state index in [0.717, 1.165) is 5.56 Å². The molecule has 0 aromatic heterocycles. The summed E-state index contributed by atoms with van der Waals surface area (Å²) in [4.78, 5) is 23.8. The number of aromatic hydroxyl groups is 2. The van der Waals surface area contributed by atoms with Crippen molar-refractivity contribution in [3.05, 3.63) is 65.2 Å². The summed E-state index contributed by atoms with van der Waals surface area (Å²) < 4.78 is 5.00. The quantitative estimate of drug-likeness (QED) is 0.587. The van der Waals surface area contributed by atoms with Crippen molar-refractivity contribution in [3.8, 4) is 17.2 Å². The number of aryl methyl sites for hydroxylation is 1. The third kappa shape index (κ3) is 5.34. The lowest BCUT2D eigenvalue weighted by atomic mass is 10.1. The highest BCUT2D eigenvalue weighted by molar-refractivity contribution is 6.10. The molecule has 2 aromatic carbocycles. The predicted octanol–water partition coefficient (Wildman–Crippen LogP) is 3.67. The van der Waals surface area contributed by atoms with E-state index >= 15 is 0 Å². The second-order valence-corrected chi connectivity index (χ2v) is 5.75. The Kier molecular flexibility index (Phi) is 6.33. The Morgan fingerprint density at radius 2 is 1.46 bits per heavy atom. The molecule has 0 saturated heterocycles.